The molecule has 5 rings (SSSR count). The van der Waals surface area contributed by atoms with Crippen molar-refractivity contribution >= 4 is 11.8 Å². The van der Waals surface area contributed by atoms with E-state index in [9.17, 15) is 9.59 Å². The van der Waals surface area contributed by atoms with Crippen LogP contribution in [0.2, 0.25) is 0 Å². The van der Waals surface area contributed by atoms with E-state index < -0.39 is 11.8 Å². The summed E-state index contributed by atoms with van der Waals surface area (Å²) in [5.74, 6) is -1.59. The van der Waals surface area contributed by atoms with Crippen molar-refractivity contribution in [3.05, 3.63) is 89.2 Å². The molecule has 9 nitrogen and oxygen atoms in total. The molecule has 5 aromatic rings. The Morgan fingerprint density at radius 3 is 1.69 bits per heavy atom. The Balaban J connectivity index is 1.69. The molecule has 3 aromatic heterocycles. The highest BCUT2D eigenvalue weighted by atomic mass is 16.1. The first kappa shape index (κ1) is 22.7. The molecule has 0 unspecified atom stereocenters. The van der Waals surface area contributed by atoms with Crippen molar-refractivity contribution in [2.24, 2.45) is 11.5 Å². The third-order valence-corrected chi connectivity index (χ3v) is 5.92. The first-order chi connectivity index (χ1) is 17.3. The normalized spacial score (nSPS) is 10.9. The Morgan fingerprint density at radius 1 is 0.694 bits per heavy atom. The first-order valence-electron chi connectivity index (χ1n) is 11.2. The van der Waals surface area contributed by atoms with Crippen molar-refractivity contribution in [1.82, 2.24) is 25.4 Å². The summed E-state index contributed by atoms with van der Waals surface area (Å²) in [6, 6.07) is 21.0. The van der Waals surface area contributed by atoms with Crippen molar-refractivity contribution in [2.45, 2.75) is 13.8 Å². The lowest BCUT2D eigenvalue weighted by molar-refractivity contribution is 0.0993. The van der Waals surface area contributed by atoms with Crippen LogP contribution >= 0.6 is 0 Å². The van der Waals surface area contributed by atoms with Gasteiger partial charge in [-0.3, -0.25) is 19.8 Å². The molecule has 2 amide bonds. The van der Waals surface area contributed by atoms with Gasteiger partial charge in [-0.2, -0.15) is 10.2 Å². The van der Waals surface area contributed by atoms with Crippen LogP contribution in [0, 0.1) is 13.8 Å². The fourth-order valence-electron chi connectivity index (χ4n) is 3.99. The van der Waals surface area contributed by atoms with Gasteiger partial charge >= 0.3 is 0 Å². The largest absolute Gasteiger partial charge is 0.364 e. The minimum absolute atomic E-state index is 0.0905. The lowest BCUT2D eigenvalue weighted by Gasteiger charge is -2.11. The molecule has 2 aromatic carbocycles. The third-order valence-electron chi connectivity index (χ3n) is 5.92. The lowest BCUT2D eigenvalue weighted by Crippen LogP contribution is -2.20. The summed E-state index contributed by atoms with van der Waals surface area (Å²) in [7, 11) is 0. The molecule has 0 spiro atoms. The zero-order valence-corrected chi connectivity index (χ0v) is 19.7. The molecule has 0 radical (unpaired) electrons. The Bertz CT molecular complexity index is 1600. The van der Waals surface area contributed by atoms with E-state index in [1.165, 1.54) is 6.07 Å². The van der Waals surface area contributed by atoms with Gasteiger partial charge in [0.15, 0.2) is 0 Å². The standard InChI is InChI=1S/C27H23N7O2/c1-14-3-7-16(8-4-14)19-12-21(33-31-19)18-11-23(26(28)35)30-25(27(29)36)24(18)22-13-20(32-34-22)17-9-5-15(2)6-10-17/h3-13H,1-2H3,(H2,28,35)(H2,29,36)(H,31,33)(H,32,34). The molecule has 0 aliphatic heterocycles. The number of hydrogen-bond donors (Lipinski definition) is 4. The molecule has 0 saturated heterocycles. The van der Waals surface area contributed by atoms with E-state index in [1.54, 1.807) is 6.07 Å². The number of amides is 2. The molecule has 0 fully saturated rings. The van der Waals surface area contributed by atoms with Crippen LogP contribution in [0.1, 0.15) is 32.1 Å². The number of nitrogens with zero attached hydrogens (tertiary/aromatic N) is 3. The molecule has 0 atom stereocenters. The Morgan fingerprint density at radius 2 is 1.19 bits per heavy atom. The van der Waals surface area contributed by atoms with Gasteiger partial charge < -0.3 is 11.5 Å². The molecular weight excluding hydrogens is 454 g/mol. The number of pyridine rings is 1. The zero-order valence-electron chi connectivity index (χ0n) is 19.7. The van der Waals surface area contributed by atoms with E-state index in [4.69, 9.17) is 11.5 Å². The van der Waals surface area contributed by atoms with Crippen LogP contribution in [0.15, 0.2) is 66.7 Å². The average Bonchev–Trinajstić information content (AvgIpc) is 3.54. The molecule has 0 saturated carbocycles. The highest BCUT2D eigenvalue weighted by Gasteiger charge is 2.24. The molecule has 178 valence electrons. The number of H-pyrrole nitrogens is 2. The number of nitrogens with two attached hydrogens (primary N) is 2. The van der Waals surface area contributed by atoms with Crippen molar-refractivity contribution in [2.75, 3.05) is 0 Å². The Hall–Kier alpha value is -5.05. The minimum Gasteiger partial charge on any atom is -0.364 e. The summed E-state index contributed by atoms with van der Waals surface area (Å²) in [4.78, 5) is 28.7. The van der Waals surface area contributed by atoms with Crippen molar-refractivity contribution in [3.8, 4) is 45.0 Å². The van der Waals surface area contributed by atoms with Crippen molar-refractivity contribution < 1.29 is 9.59 Å². The maximum atomic E-state index is 12.5. The number of aromatic amines is 2. The van der Waals surface area contributed by atoms with E-state index in [0.29, 0.717) is 33.9 Å². The van der Waals surface area contributed by atoms with Crippen LogP contribution in [0.25, 0.3) is 45.0 Å². The van der Waals surface area contributed by atoms with Crippen LogP contribution in [-0.2, 0) is 0 Å². The molecule has 36 heavy (non-hydrogen) atoms. The summed E-state index contributed by atoms with van der Waals surface area (Å²) >= 11 is 0. The van der Waals surface area contributed by atoms with Crippen LogP contribution < -0.4 is 11.5 Å². The second-order valence-electron chi connectivity index (χ2n) is 8.57. The van der Waals surface area contributed by atoms with Crippen LogP contribution in [0.3, 0.4) is 0 Å². The van der Waals surface area contributed by atoms with Crippen LogP contribution in [-0.4, -0.2) is 37.2 Å². The quantitative estimate of drug-likeness (QED) is 0.291. The molecule has 9 heteroatoms. The first-order valence-corrected chi connectivity index (χ1v) is 11.2. The maximum Gasteiger partial charge on any atom is 0.268 e. The maximum absolute atomic E-state index is 12.5. The summed E-state index contributed by atoms with van der Waals surface area (Å²) in [5, 5.41) is 14.8. The van der Waals surface area contributed by atoms with E-state index in [0.717, 1.165) is 22.3 Å². The number of aryl methyl sites for hydroxylation is 2. The predicted octanol–water partition coefficient (Wildman–Crippen LogP) is 4.01. The van der Waals surface area contributed by atoms with E-state index >= 15 is 0 Å². The molecule has 0 aliphatic carbocycles. The van der Waals surface area contributed by atoms with Crippen molar-refractivity contribution in [3.63, 3.8) is 0 Å². The molecule has 3 heterocycles. The summed E-state index contributed by atoms with van der Waals surface area (Å²) in [6.07, 6.45) is 0. The van der Waals surface area contributed by atoms with Gasteiger partial charge in [-0.15, -0.1) is 0 Å². The van der Waals surface area contributed by atoms with Crippen LogP contribution in [0.5, 0.6) is 0 Å². The summed E-state index contributed by atoms with van der Waals surface area (Å²) in [6.45, 7) is 4.02. The molecule has 0 aliphatic rings. The number of hydrogen-bond acceptors (Lipinski definition) is 5. The van der Waals surface area contributed by atoms with Crippen LogP contribution in [0.4, 0.5) is 0 Å². The molecular formula is C27H23N7O2. The smallest absolute Gasteiger partial charge is 0.268 e. The van der Waals surface area contributed by atoms with Gasteiger partial charge in [-0.25, -0.2) is 4.98 Å². The number of aromatic nitrogens is 5. The minimum atomic E-state index is -0.806. The molecule has 0 bridgehead atoms. The van der Waals surface area contributed by atoms with E-state index in [2.05, 4.69) is 25.4 Å². The van der Waals surface area contributed by atoms with Gasteiger partial charge in [0.1, 0.15) is 11.4 Å². The number of nitrogens with one attached hydrogen (secondary N) is 2. The number of rotatable bonds is 6. The number of carbonyl (C=O) groups excluding carboxylic acids is 2. The Kier molecular flexibility index (Phi) is 5.65. The second kappa shape index (κ2) is 8.95. The zero-order chi connectivity index (χ0) is 25.4. The van der Waals surface area contributed by atoms with Gasteiger partial charge in [0, 0.05) is 22.3 Å². The average molecular weight is 478 g/mol. The SMILES string of the molecule is Cc1ccc(-c2cc(-c3cc(C(N)=O)nc(C(N)=O)c3-c3cc(-c4ccc(C)cc4)n[nH]3)[nH]n2)cc1. The van der Waals surface area contributed by atoms with Gasteiger partial charge in [0.25, 0.3) is 11.8 Å². The van der Waals surface area contributed by atoms with Gasteiger partial charge in [-0.1, -0.05) is 59.7 Å². The highest BCUT2D eigenvalue weighted by Crippen LogP contribution is 2.36. The highest BCUT2D eigenvalue weighted by molar-refractivity contribution is 6.04. The summed E-state index contributed by atoms with van der Waals surface area (Å²) < 4.78 is 0. The topological polar surface area (TPSA) is 156 Å². The predicted molar refractivity (Wildman–Crippen MR) is 137 cm³/mol. The second-order valence-corrected chi connectivity index (χ2v) is 8.57. The third kappa shape index (κ3) is 4.25. The van der Waals surface area contributed by atoms with Gasteiger partial charge in [-0.05, 0) is 32.0 Å². The van der Waals surface area contributed by atoms with Gasteiger partial charge in [0.05, 0.1) is 22.8 Å². The number of primary amides is 2. The fraction of sp³-hybridized carbons (Fsp3) is 0.0741. The summed E-state index contributed by atoms with van der Waals surface area (Å²) in [5.41, 5.74) is 18.4. The van der Waals surface area contributed by atoms with Gasteiger partial charge in [0.2, 0.25) is 0 Å². The Labute approximate surface area is 206 Å². The lowest BCUT2D eigenvalue weighted by atomic mass is 9.97. The number of benzene rings is 2. The van der Waals surface area contributed by atoms with E-state index in [-0.39, 0.29) is 11.4 Å². The van der Waals surface area contributed by atoms with Crippen molar-refractivity contribution in [1.29, 1.82) is 0 Å². The molecule has 6 N–H and O–H groups in total. The monoisotopic (exact) mass is 477 g/mol. The van der Waals surface area contributed by atoms with E-state index in [1.807, 2.05) is 68.4 Å². The number of carbonyl (C=O) groups is 2. The fourth-order valence-corrected chi connectivity index (χ4v) is 3.99.